The summed E-state index contributed by atoms with van der Waals surface area (Å²) >= 11 is 0. The topological polar surface area (TPSA) is 39.0 Å². The lowest BCUT2D eigenvalue weighted by molar-refractivity contribution is 0.506. The van der Waals surface area contributed by atoms with Crippen molar-refractivity contribution in [1.82, 2.24) is 14.5 Å². The van der Waals surface area contributed by atoms with Crippen LogP contribution in [0.2, 0.25) is 0 Å². The highest BCUT2D eigenvalue weighted by atomic mass is 16.1. The van der Waals surface area contributed by atoms with Gasteiger partial charge in [-0.15, -0.1) is 0 Å². The molecule has 0 aromatic carbocycles. The van der Waals surface area contributed by atoms with Gasteiger partial charge < -0.3 is 14.5 Å². The van der Waals surface area contributed by atoms with Crippen LogP contribution < -0.4 is 10.9 Å². The Morgan fingerprint density at radius 1 is 1.11 bits per heavy atom. The molecular formula is C15H21N3O. The highest BCUT2D eigenvalue weighted by molar-refractivity contribution is 5.11. The maximum atomic E-state index is 11.6. The number of pyridine rings is 1. The Hall–Kier alpha value is -1.81. The van der Waals surface area contributed by atoms with Gasteiger partial charge in [-0.1, -0.05) is 13.0 Å². The van der Waals surface area contributed by atoms with Gasteiger partial charge in [0.05, 0.1) is 0 Å². The van der Waals surface area contributed by atoms with E-state index in [0.717, 1.165) is 13.1 Å². The van der Waals surface area contributed by atoms with E-state index < -0.39 is 0 Å². The summed E-state index contributed by atoms with van der Waals surface area (Å²) in [5.41, 5.74) is 1.31. The molecule has 0 aliphatic heterocycles. The smallest absolute Gasteiger partial charge is 0.250 e. The van der Waals surface area contributed by atoms with Crippen molar-refractivity contribution in [3.63, 3.8) is 0 Å². The number of hydrogen-bond donors (Lipinski definition) is 1. The highest BCUT2D eigenvalue weighted by Gasteiger charge is 2.08. The molecule has 1 N–H and O–H groups in total. The largest absolute Gasteiger partial charge is 0.348 e. The van der Waals surface area contributed by atoms with E-state index in [4.69, 9.17) is 0 Å². The van der Waals surface area contributed by atoms with Crippen molar-refractivity contribution in [3.8, 4) is 0 Å². The zero-order chi connectivity index (χ0) is 13.7. The second-order valence-corrected chi connectivity index (χ2v) is 4.64. The summed E-state index contributed by atoms with van der Waals surface area (Å²) in [6, 6.07) is 9.76. The molecule has 2 aromatic heterocycles. The monoisotopic (exact) mass is 259 g/mol. The first kappa shape index (κ1) is 13.6. The maximum absolute atomic E-state index is 11.6. The molecule has 2 aromatic rings. The first-order valence-corrected chi connectivity index (χ1v) is 6.76. The molecule has 102 valence electrons. The number of nitrogens with one attached hydrogen (secondary N) is 1. The van der Waals surface area contributed by atoms with Gasteiger partial charge in [-0.2, -0.15) is 0 Å². The molecule has 0 saturated heterocycles. The summed E-state index contributed by atoms with van der Waals surface area (Å²) in [6.45, 7) is 6.71. The van der Waals surface area contributed by atoms with Gasteiger partial charge in [0.15, 0.2) is 0 Å². The van der Waals surface area contributed by atoms with E-state index in [-0.39, 0.29) is 5.56 Å². The molecule has 0 radical (unpaired) electrons. The fraction of sp³-hybridized carbons (Fsp3) is 0.400. The quantitative estimate of drug-likeness (QED) is 0.862. The van der Waals surface area contributed by atoms with Crippen LogP contribution in [0.25, 0.3) is 0 Å². The first-order valence-electron chi connectivity index (χ1n) is 6.76. The lowest BCUT2D eigenvalue weighted by Crippen LogP contribution is -2.23. The van der Waals surface area contributed by atoms with Gasteiger partial charge in [0.1, 0.15) is 0 Å². The fourth-order valence-electron chi connectivity index (χ4n) is 2.30. The van der Waals surface area contributed by atoms with E-state index in [0.29, 0.717) is 12.6 Å². The summed E-state index contributed by atoms with van der Waals surface area (Å²) in [4.78, 5) is 11.6. The molecule has 1 atom stereocenters. The Morgan fingerprint density at radius 2 is 1.84 bits per heavy atom. The predicted molar refractivity (Wildman–Crippen MR) is 77.2 cm³/mol. The zero-order valence-electron chi connectivity index (χ0n) is 11.5. The molecule has 0 saturated carbocycles. The minimum Gasteiger partial charge on any atom is -0.348 e. The molecule has 2 rings (SSSR count). The molecule has 2 heterocycles. The third-order valence-electron chi connectivity index (χ3n) is 3.30. The number of hydrogen-bond acceptors (Lipinski definition) is 2. The summed E-state index contributed by atoms with van der Waals surface area (Å²) in [5, 5.41) is 3.41. The van der Waals surface area contributed by atoms with Crippen molar-refractivity contribution in [2.24, 2.45) is 0 Å². The van der Waals surface area contributed by atoms with Crippen LogP contribution in [0, 0.1) is 0 Å². The molecule has 4 heteroatoms. The van der Waals surface area contributed by atoms with Gasteiger partial charge in [-0.25, -0.2) is 0 Å². The Morgan fingerprint density at radius 3 is 2.58 bits per heavy atom. The van der Waals surface area contributed by atoms with Crippen molar-refractivity contribution < 1.29 is 0 Å². The van der Waals surface area contributed by atoms with Crippen molar-refractivity contribution in [1.29, 1.82) is 0 Å². The molecule has 4 nitrogen and oxygen atoms in total. The van der Waals surface area contributed by atoms with Crippen LogP contribution in [0.1, 0.15) is 25.6 Å². The van der Waals surface area contributed by atoms with Crippen molar-refractivity contribution >= 4 is 0 Å². The van der Waals surface area contributed by atoms with Gasteiger partial charge in [-0.05, 0) is 31.7 Å². The van der Waals surface area contributed by atoms with Gasteiger partial charge >= 0.3 is 0 Å². The minimum absolute atomic E-state index is 0.0518. The highest BCUT2D eigenvalue weighted by Crippen LogP contribution is 2.13. The minimum atomic E-state index is 0.0518. The van der Waals surface area contributed by atoms with Gasteiger partial charge in [0.25, 0.3) is 5.56 Å². The number of rotatable bonds is 6. The number of aromatic nitrogens is 2. The normalized spacial score (nSPS) is 12.5. The van der Waals surface area contributed by atoms with Crippen LogP contribution in [0.5, 0.6) is 0 Å². The van der Waals surface area contributed by atoms with E-state index in [9.17, 15) is 4.79 Å². The Kier molecular flexibility index (Phi) is 4.58. The Balaban J connectivity index is 2.06. The summed E-state index contributed by atoms with van der Waals surface area (Å²) in [6.07, 6.45) is 3.90. The standard InChI is InChI=1S/C15H21N3O/c1-3-16-13(2)14-7-6-10-17(14)11-12-18-9-5-4-8-15(18)19/h4-10,13,16H,3,11-12H2,1-2H3. The summed E-state index contributed by atoms with van der Waals surface area (Å²) in [7, 11) is 0. The SMILES string of the molecule is CCNC(C)c1cccn1CCn1ccccc1=O. The molecule has 0 aliphatic carbocycles. The molecule has 0 spiro atoms. The maximum Gasteiger partial charge on any atom is 0.250 e. The number of aryl methyl sites for hydroxylation is 2. The van der Waals surface area contributed by atoms with E-state index >= 15 is 0 Å². The second-order valence-electron chi connectivity index (χ2n) is 4.64. The average molecular weight is 259 g/mol. The molecule has 0 bridgehead atoms. The molecule has 1 unspecified atom stereocenters. The first-order chi connectivity index (χ1) is 9.22. The fourth-order valence-corrected chi connectivity index (χ4v) is 2.30. The van der Waals surface area contributed by atoms with Crippen LogP contribution >= 0.6 is 0 Å². The lowest BCUT2D eigenvalue weighted by Gasteiger charge is -2.16. The van der Waals surface area contributed by atoms with Gasteiger partial charge in [0, 0.05) is 43.3 Å². The van der Waals surface area contributed by atoms with Crippen molar-refractivity contribution in [2.75, 3.05) is 6.54 Å². The lowest BCUT2D eigenvalue weighted by atomic mass is 10.2. The predicted octanol–water partition coefficient (Wildman–Crippen LogP) is 2.02. The van der Waals surface area contributed by atoms with E-state index in [1.54, 1.807) is 16.7 Å². The van der Waals surface area contributed by atoms with E-state index in [1.807, 2.05) is 12.3 Å². The van der Waals surface area contributed by atoms with Gasteiger partial charge in [0.2, 0.25) is 0 Å². The van der Waals surface area contributed by atoms with Crippen LogP contribution in [0.15, 0.2) is 47.5 Å². The van der Waals surface area contributed by atoms with Gasteiger partial charge in [-0.3, -0.25) is 4.79 Å². The van der Waals surface area contributed by atoms with Crippen LogP contribution in [0.3, 0.4) is 0 Å². The third kappa shape index (κ3) is 3.35. The molecule has 19 heavy (non-hydrogen) atoms. The van der Waals surface area contributed by atoms with Crippen LogP contribution in [0.4, 0.5) is 0 Å². The van der Waals surface area contributed by atoms with Crippen molar-refractivity contribution in [3.05, 3.63) is 58.8 Å². The average Bonchev–Trinajstić information content (AvgIpc) is 2.86. The molecule has 0 amide bonds. The zero-order valence-corrected chi connectivity index (χ0v) is 11.5. The summed E-state index contributed by atoms with van der Waals surface area (Å²) in [5.74, 6) is 0. The summed E-state index contributed by atoms with van der Waals surface area (Å²) < 4.78 is 3.94. The Bertz CT molecular complexity index is 571. The van der Waals surface area contributed by atoms with Crippen LogP contribution in [-0.4, -0.2) is 15.7 Å². The Labute approximate surface area is 113 Å². The third-order valence-corrected chi connectivity index (χ3v) is 3.30. The molecule has 0 aliphatic rings. The second kappa shape index (κ2) is 6.38. The van der Waals surface area contributed by atoms with E-state index in [2.05, 4.69) is 42.1 Å². The number of nitrogens with zero attached hydrogens (tertiary/aromatic N) is 2. The van der Waals surface area contributed by atoms with Crippen LogP contribution in [-0.2, 0) is 13.1 Å². The van der Waals surface area contributed by atoms with E-state index in [1.165, 1.54) is 5.69 Å². The van der Waals surface area contributed by atoms with Crippen molar-refractivity contribution in [2.45, 2.75) is 33.0 Å². The molecular weight excluding hydrogens is 238 g/mol. The molecule has 0 fully saturated rings.